The predicted octanol–water partition coefficient (Wildman–Crippen LogP) is 2.81. The van der Waals surface area contributed by atoms with Crippen LogP contribution in [-0.2, 0) is 16.2 Å². The molecule has 1 aliphatic heterocycles. The first kappa shape index (κ1) is 22.4. The van der Waals surface area contributed by atoms with Crippen LogP contribution in [0, 0.1) is 0 Å². The van der Waals surface area contributed by atoms with Crippen LogP contribution in [0.15, 0.2) is 53.4 Å². The van der Waals surface area contributed by atoms with Crippen LogP contribution < -0.4 is 14.4 Å². The molecule has 0 aliphatic carbocycles. The van der Waals surface area contributed by atoms with E-state index in [4.69, 9.17) is 4.74 Å². The highest BCUT2D eigenvalue weighted by atomic mass is 32.2. The first-order valence-electron chi connectivity index (χ1n) is 9.47. The molecule has 3 rings (SSSR count). The van der Waals surface area contributed by atoms with E-state index in [1.807, 2.05) is 24.3 Å². The largest absolute Gasteiger partial charge is 0.497 e. The van der Waals surface area contributed by atoms with Gasteiger partial charge in [-0.3, -0.25) is 4.90 Å². The molecule has 2 aromatic carbocycles. The number of ether oxygens (including phenoxy) is 1. The fourth-order valence-corrected chi connectivity index (χ4v) is 4.29. The Morgan fingerprint density at radius 3 is 2.10 bits per heavy atom. The summed E-state index contributed by atoms with van der Waals surface area (Å²) >= 11 is 0. The molecule has 2 aromatic rings. The van der Waals surface area contributed by atoms with E-state index in [0.717, 1.165) is 61.9 Å². The molecular weight excluding hydrogens is 419 g/mol. The molecule has 6 nitrogen and oxygen atoms in total. The van der Waals surface area contributed by atoms with E-state index in [1.54, 1.807) is 7.11 Å². The number of piperazine rings is 1. The number of rotatable bonds is 7. The van der Waals surface area contributed by atoms with Crippen molar-refractivity contribution in [3.63, 3.8) is 0 Å². The van der Waals surface area contributed by atoms with Crippen LogP contribution >= 0.6 is 0 Å². The smallest absolute Gasteiger partial charge is 0.416 e. The number of sulfonamides is 1. The third-order valence-electron chi connectivity index (χ3n) is 5.02. The van der Waals surface area contributed by atoms with Gasteiger partial charge in [0.15, 0.2) is 0 Å². The summed E-state index contributed by atoms with van der Waals surface area (Å²) in [4.78, 5) is 4.22. The first-order chi connectivity index (χ1) is 14.2. The van der Waals surface area contributed by atoms with E-state index in [2.05, 4.69) is 14.5 Å². The monoisotopic (exact) mass is 443 g/mol. The van der Waals surface area contributed by atoms with E-state index in [0.29, 0.717) is 6.54 Å². The normalized spacial score (nSPS) is 15.9. The molecular formula is C20H24F3N3O3S. The highest BCUT2D eigenvalue weighted by molar-refractivity contribution is 7.89. The molecule has 1 fully saturated rings. The number of anilines is 1. The van der Waals surface area contributed by atoms with Gasteiger partial charge in [0.2, 0.25) is 10.0 Å². The van der Waals surface area contributed by atoms with Gasteiger partial charge < -0.3 is 9.64 Å². The van der Waals surface area contributed by atoms with Gasteiger partial charge in [0, 0.05) is 45.0 Å². The fraction of sp³-hybridized carbons (Fsp3) is 0.400. The maximum Gasteiger partial charge on any atom is 0.416 e. The molecule has 0 bridgehead atoms. The number of nitrogens with zero attached hydrogens (tertiary/aromatic N) is 2. The number of halogens is 3. The lowest BCUT2D eigenvalue weighted by Gasteiger charge is -2.36. The molecule has 30 heavy (non-hydrogen) atoms. The zero-order chi connectivity index (χ0) is 21.8. The molecule has 10 heteroatoms. The van der Waals surface area contributed by atoms with Gasteiger partial charge in [0.05, 0.1) is 17.6 Å². The fourth-order valence-electron chi connectivity index (χ4n) is 3.27. The van der Waals surface area contributed by atoms with Crippen molar-refractivity contribution < 1.29 is 26.3 Å². The number of alkyl halides is 3. The molecule has 0 saturated carbocycles. The maximum atomic E-state index is 12.6. The minimum absolute atomic E-state index is 0.181. The van der Waals surface area contributed by atoms with Crippen LogP contribution in [0.5, 0.6) is 5.75 Å². The van der Waals surface area contributed by atoms with E-state index in [1.165, 1.54) is 0 Å². The summed E-state index contributed by atoms with van der Waals surface area (Å²) in [5.41, 5.74) is 0.231. The summed E-state index contributed by atoms with van der Waals surface area (Å²) in [5, 5.41) is 0. The van der Waals surface area contributed by atoms with Crippen molar-refractivity contribution >= 4 is 15.7 Å². The van der Waals surface area contributed by atoms with Crippen molar-refractivity contribution in [1.82, 2.24) is 9.62 Å². The SMILES string of the molecule is COc1ccc(N2CCN(CCNS(=O)(=O)c3ccc(C(F)(F)F)cc3)CC2)cc1. The minimum Gasteiger partial charge on any atom is -0.497 e. The Labute approximate surface area is 174 Å². The summed E-state index contributed by atoms with van der Waals surface area (Å²) in [6, 6.07) is 11.3. The molecule has 0 amide bonds. The van der Waals surface area contributed by atoms with Gasteiger partial charge in [0.1, 0.15) is 5.75 Å². The van der Waals surface area contributed by atoms with Crippen molar-refractivity contribution in [3.05, 3.63) is 54.1 Å². The van der Waals surface area contributed by atoms with Crippen molar-refractivity contribution in [2.24, 2.45) is 0 Å². The maximum absolute atomic E-state index is 12.6. The lowest BCUT2D eigenvalue weighted by atomic mass is 10.2. The summed E-state index contributed by atoms with van der Waals surface area (Å²) in [5.74, 6) is 0.803. The standard InChI is InChI=1S/C20H24F3N3O3S/c1-29-18-6-4-17(5-7-18)26-14-12-25(13-15-26)11-10-24-30(27,28)19-8-2-16(3-9-19)20(21,22)23/h2-9,24H,10-15H2,1H3. The average molecular weight is 443 g/mol. The Morgan fingerprint density at radius 2 is 1.57 bits per heavy atom. The summed E-state index contributed by atoms with van der Waals surface area (Å²) in [6.45, 7) is 3.92. The number of benzene rings is 2. The van der Waals surface area contributed by atoms with Gasteiger partial charge in [-0.2, -0.15) is 13.2 Å². The molecule has 0 unspecified atom stereocenters. The van der Waals surface area contributed by atoms with Gasteiger partial charge in [-0.1, -0.05) is 0 Å². The van der Waals surface area contributed by atoms with Crippen LogP contribution in [0.1, 0.15) is 5.56 Å². The van der Waals surface area contributed by atoms with Crippen LogP contribution in [0.3, 0.4) is 0 Å². The number of nitrogens with one attached hydrogen (secondary N) is 1. The number of methoxy groups -OCH3 is 1. The van der Waals surface area contributed by atoms with E-state index < -0.39 is 21.8 Å². The van der Waals surface area contributed by atoms with Gasteiger partial charge >= 0.3 is 6.18 Å². The Hall–Kier alpha value is -2.30. The Morgan fingerprint density at radius 1 is 0.967 bits per heavy atom. The zero-order valence-corrected chi connectivity index (χ0v) is 17.3. The molecule has 1 saturated heterocycles. The van der Waals surface area contributed by atoms with Crippen molar-refractivity contribution in [3.8, 4) is 5.75 Å². The lowest BCUT2D eigenvalue weighted by Crippen LogP contribution is -2.48. The molecule has 0 spiro atoms. The number of hydrogen-bond donors (Lipinski definition) is 1. The van der Waals surface area contributed by atoms with Crippen LogP contribution in [-0.4, -0.2) is 59.7 Å². The second kappa shape index (κ2) is 9.23. The molecule has 0 radical (unpaired) electrons. The molecule has 0 aromatic heterocycles. The third-order valence-corrected chi connectivity index (χ3v) is 6.50. The van der Waals surface area contributed by atoms with E-state index in [-0.39, 0.29) is 11.4 Å². The van der Waals surface area contributed by atoms with Crippen LogP contribution in [0.2, 0.25) is 0 Å². The molecule has 1 heterocycles. The van der Waals surface area contributed by atoms with Gasteiger partial charge in [0.25, 0.3) is 0 Å². The topological polar surface area (TPSA) is 61.9 Å². The molecule has 1 aliphatic rings. The zero-order valence-electron chi connectivity index (χ0n) is 16.5. The third kappa shape index (κ3) is 5.65. The van der Waals surface area contributed by atoms with Crippen LogP contribution in [0.25, 0.3) is 0 Å². The molecule has 164 valence electrons. The second-order valence-corrected chi connectivity index (χ2v) is 8.71. The van der Waals surface area contributed by atoms with Crippen molar-refractivity contribution in [2.45, 2.75) is 11.1 Å². The highest BCUT2D eigenvalue weighted by Crippen LogP contribution is 2.29. The predicted molar refractivity (Wildman–Crippen MR) is 108 cm³/mol. The van der Waals surface area contributed by atoms with Crippen molar-refractivity contribution in [2.75, 3.05) is 51.3 Å². The summed E-state index contributed by atoms with van der Waals surface area (Å²) in [6.07, 6.45) is -4.50. The van der Waals surface area contributed by atoms with Gasteiger partial charge in [-0.25, -0.2) is 13.1 Å². The number of hydrogen-bond acceptors (Lipinski definition) is 5. The Kier molecular flexibility index (Phi) is 6.89. The van der Waals surface area contributed by atoms with Gasteiger partial charge in [-0.15, -0.1) is 0 Å². The van der Waals surface area contributed by atoms with E-state index >= 15 is 0 Å². The van der Waals surface area contributed by atoms with Crippen molar-refractivity contribution in [1.29, 1.82) is 0 Å². The summed E-state index contributed by atoms with van der Waals surface area (Å²) < 4.78 is 70.1. The Balaban J connectivity index is 1.46. The minimum atomic E-state index is -4.50. The molecule has 0 atom stereocenters. The van der Waals surface area contributed by atoms with E-state index in [9.17, 15) is 21.6 Å². The quantitative estimate of drug-likeness (QED) is 0.713. The first-order valence-corrected chi connectivity index (χ1v) is 11.0. The van der Waals surface area contributed by atoms with Crippen LogP contribution in [0.4, 0.5) is 18.9 Å². The highest BCUT2D eigenvalue weighted by Gasteiger charge is 2.30. The lowest BCUT2D eigenvalue weighted by molar-refractivity contribution is -0.137. The summed E-state index contributed by atoms with van der Waals surface area (Å²) in [7, 11) is -2.23. The second-order valence-electron chi connectivity index (χ2n) is 6.95. The average Bonchev–Trinajstić information content (AvgIpc) is 2.74. The Bertz CT molecular complexity index is 925. The molecule has 1 N–H and O–H groups in total. The van der Waals surface area contributed by atoms with Gasteiger partial charge in [-0.05, 0) is 48.5 Å².